The number of aromatic nitrogens is 2. The van der Waals surface area contributed by atoms with Gasteiger partial charge in [-0.05, 0) is 30.0 Å². The zero-order chi connectivity index (χ0) is 12.7. The molecule has 0 saturated carbocycles. The number of hydrogen-bond donors (Lipinski definition) is 0. The molecule has 1 aliphatic rings. The van der Waals surface area contributed by atoms with Gasteiger partial charge in [-0.3, -0.25) is 0 Å². The van der Waals surface area contributed by atoms with E-state index in [4.69, 9.17) is 4.52 Å². The summed E-state index contributed by atoms with van der Waals surface area (Å²) in [6, 6.07) is 12.7. The lowest BCUT2D eigenvalue weighted by Gasteiger charge is -2.14. The highest BCUT2D eigenvalue weighted by atomic mass is 16.5. The van der Waals surface area contributed by atoms with Gasteiger partial charge in [0.15, 0.2) is 5.76 Å². The van der Waals surface area contributed by atoms with E-state index in [0.717, 1.165) is 25.1 Å². The van der Waals surface area contributed by atoms with Crippen molar-refractivity contribution in [2.45, 2.75) is 19.4 Å². The SMILES string of the molecule is c1ccc(Cn2ccc3c2-c2oncc2CC3)cc1. The van der Waals surface area contributed by atoms with Gasteiger partial charge in [0.25, 0.3) is 0 Å². The van der Waals surface area contributed by atoms with E-state index < -0.39 is 0 Å². The maximum atomic E-state index is 5.45. The fourth-order valence-electron chi connectivity index (χ4n) is 2.81. The molecule has 0 aliphatic heterocycles. The van der Waals surface area contributed by atoms with E-state index in [1.807, 2.05) is 12.3 Å². The third-order valence-electron chi connectivity index (χ3n) is 3.77. The molecule has 1 aliphatic carbocycles. The predicted molar refractivity (Wildman–Crippen MR) is 72.9 cm³/mol. The Morgan fingerprint density at radius 1 is 1.05 bits per heavy atom. The second-order valence-electron chi connectivity index (χ2n) is 4.98. The first kappa shape index (κ1) is 10.6. The van der Waals surface area contributed by atoms with Gasteiger partial charge >= 0.3 is 0 Å². The number of benzene rings is 1. The molecule has 0 spiro atoms. The van der Waals surface area contributed by atoms with Crippen LogP contribution in [0.25, 0.3) is 11.5 Å². The molecule has 94 valence electrons. The minimum atomic E-state index is 0.871. The zero-order valence-electron chi connectivity index (χ0n) is 10.5. The van der Waals surface area contributed by atoms with E-state index in [9.17, 15) is 0 Å². The molecule has 0 amide bonds. The Kier molecular flexibility index (Phi) is 2.30. The zero-order valence-corrected chi connectivity index (χ0v) is 10.5. The van der Waals surface area contributed by atoms with Crippen molar-refractivity contribution in [1.29, 1.82) is 0 Å². The van der Waals surface area contributed by atoms with Gasteiger partial charge in [-0.1, -0.05) is 35.5 Å². The van der Waals surface area contributed by atoms with E-state index in [0.29, 0.717) is 0 Å². The van der Waals surface area contributed by atoms with Gasteiger partial charge in [-0.2, -0.15) is 0 Å². The standard InChI is InChI=1S/C16H14N2O/c1-2-4-12(5-3-1)11-18-9-8-13-6-7-14-10-17-19-16(14)15(13)18/h1-5,8-10H,6-7,11H2. The van der Waals surface area contributed by atoms with Crippen molar-refractivity contribution in [1.82, 2.24) is 9.72 Å². The summed E-state index contributed by atoms with van der Waals surface area (Å²) in [7, 11) is 0. The van der Waals surface area contributed by atoms with Crippen LogP contribution in [0.4, 0.5) is 0 Å². The average Bonchev–Trinajstić information content (AvgIpc) is 3.06. The molecule has 0 bridgehead atoms. The Bertz CT molecular complexity index is 709. The summed E-state index contributed by atoms with van der Waals surface area (Å²) >= 11 is 0. The summed E-state index contributed by atoms with van der Waals surface area (Å²) in [5, 5.41) is 3.94. The molecule has 3 nitrogen and oxygen atoms in total. The summed E-state index contributed by atoms with van der Waals surface area (Å²) in [5.74, 6) is 0.946. The highest BCUT2D eigenvalue weighted by molar-refractivity contribution is 5.64. The maximum Gasteiger partial charge on any atom is 0.186 e. The van der Waals surface area contributed by atoms with Gasteiger partial charge in [0.1, 0.15) is 0 Å². The number of fused-ring (bicyclic) bond motifs is 3. The molecule has 0 saturated heterocycles. The number of hydrogen-bond acceptors (Lipinski definition) is 2. The summed E-state index contributed by atoms with van der Waals surface area (Å²) in [6.07, 6.45) is 6.10. The minimum Gasteiger partial charge on any atom is -0.354 e. The third kappa shape index (κ3) is 1.70. The van der Waals surface area contributed by atoms with E-state index in [1.165, 1.54) is 22.4 Å². The fourth-order valence-corrected chi connectivity index (χ4v) is 2.81. The first-order valence-electron chi connectivity index (χ1n) is 6.57. The molecule has 0 N–H and O–H groups in total. The monoisotopic (exact) mass is 250 g/mol. The van der Waals surface area contributed by atoms with Crippen LogP contribution in [-0.4, -0.2) is 9.72 Å². The molecule has 2 aromatic heterocycles. The van der Waals surface area contributed by atoms with Crippen molar-refractivity contribution >= 4 is 0 Å². The van der Waals surface area contributed by atoms with Crippen molar-refractivity contribution in [2.75, 3.05) is 0 Å². The van der Waals surface area contributed by atoms with Crippen LogP contribution in [0.15, 0.2) is 53.3 Å². The van der Waals surface area contributed by atoms with E-state index in [-0.39, 0.29) is 0 Å². The Morgan fingerprint density at radius 2 is 1.89 bits per heavy atom. The number of rotatable bonds is 2. The smallest absolute Gasteiger partial charge is 0.186 e. The molecule has 0 atom stereocenters. The molecule has 1 aromatic carbocycles. The molecule has 3 heteroatoms. The van der Waals surface area contributed by atoms with Crippen LogP contribution >= 0.6 is 0 Å². The molecular formula is C16H14N2O. The third-order valence-corrected chi connectivity index (χ3v) is 3.77. The lowest BCUT2D eigenvalue weighted by Crippen LogP contribution is -2.06. The van der Waals surface area contributed by atoms with Gasteiger partial charge in [-0.25, -0.2) is 0 Å². The molecule has 0 radical (unpaired) electrons. The normalized spacial score (nSPS) is 13.1. The predicted octanol–water partition coefficient (Wildman–Crippen LogP) is 3.29. The average molecular weight is 250 g/mol. The fraction of sp³-hybridized carbons (Fsp3) is 0.188. The summed E-state index contributed by atoms with van der Waals surface area (Å²) in [6.45, 7) is 0.871. The summed E-state index contributed by atoms with van der Waals surface area (Å²) in [5.41, 5.74) is 5.08. The van der Waals surface area contributed by atoms with Crippen molar-refractivity contribution in [2.24, 2.45) is 0 Å². The minimum absolute atomic E-state index is 0.871. The van der Waals surface area contributed by atoms with E-state index in [1.54, 1.807) is 0 Å². The van der Waals surface area contributed by atoms with E-state index in [2.05, 4.69) is 46.3 Å². The highest BCUT2D eigenvalue weighted by Crippen LogP contribution is 2.34. The molecular weight excluding hydrogens is 236 g/mol. The molecule has 19 heavy (non-hydrogen) atoms. The van der Waals surface area contributed by atoms with Crippen LogP contribution in [0.1, 0.15) is 16.7 Å². The molecule has 4 rings (SSSR count). The lowest BCUT2D eigenvalue weighted by atomic mass is 9.97. The quantitative estimate of drug-likeness (QED) is 0.698. The van der Waals surface area contributed by atoms with Crippen LogP contribution in [0.5, 0.6) is 0 Å². The number of nitrogens with zero attached hydrogens (tertiary/aromatic N) is 2. The summed E-state index contributed by atoms with van der Waals surface area (Å²) < 4.78 is 7.71. The highest BCUT2D eigenvalue weighted by Gasteiger charge is 2.23. The maximum absolute atomic E-state index is 5.45. The number of aryl methyl sites for hydroxylation is 2. The molecule has 3 aromatic rings. The van der Waals surface area contributed by atoms with Gasteiger partial charge in [0, 0.05) is 18.3 Å². The van der Waals surface area contributed by atoms with Crippen molar-refractivity contribution in [3.05, 3.63) is 65.5 Å². The summed E-state index contributed by atoms with van der Waals surface area (Å²) in [4.78, 5) is 0. The largest absolute Gasteiger partial charge is 0.354 e. The van der Waals surface area contributed by atoms with Gasteiger partial charge in [-0.15, -0.1) is 0 Å². The first-order valence-corrected chi connectivity index (χ1v) is 6.57. The second-order valence-corrected chi connectivity index (χ2v) is 4.98. The van der Waals surface area contributed by atoms with Crippen LogP contribution in [0.2, 0.25) is 0 Å². The topological polar surface area (TPSA) is 31.0 Å². The van der Waals surface area contributed by atoms with E-state index >= 15 is 0 Å². The van der Waals surface area contributed by atoms with Gasteiger partial charge in [0.05, 0.1) is 11.9 Å². The Balaban J connectivity index is 1.79. The van der Waals surface area contributed by atoms with Crippen molar-refractivity contribution < 1.29 is 4.52 Å². The van der Waals surface area contributed by atoms with Gasteiger partial charge in [0.2, 0.25) is 0 Å². The Hall–Kier alpha value is -2.29. The lowest BCUT2D eigenvalue weighted by molar-refractivity contribution is 0.427. The first-order chi connectivity index (χ1) is 9.42. The van der Waals surface area contributed by atoms with Gasteiger partial charge < -0.3 is 9.09 Å². The van der Waals surface area contributed by atoms with Crippen molar-refractivity contribution in [3.63, 3.8) is 0 Å². The van der Waals surface area contributed by atoms with Crippen LogP contribution < -0.4 is 0 Å². The van der Waals surface area contributed by atoms with Crippen LogP contribution in [0.3, 0.4) is 0 Å². The molecule has 2 heterocycles. The van der Waals surface area contributed by atoms with Crippen LogP contribution in [-0.2, 0) is 19.4 Å². The molecule has 0 unspecified atom stereocenters. The second kappa shape index (κ2) is 4.12. The Morgan fingerprint density at radius 3 is 2.79 bits per heavy atom. The van der Waals surface area contributed by atoms with Crippen LogP contribution in [0, 0.1) is 0 Å². The molecule has 0 fully saturated rings. The Labute approximate surface area is 111 Å². The van der Waals surface area contributed by atoms with Crippen molar-refractivity contribution in [3.8, 4) is 11.5 Å².